The molecule has 1 aliphatic rings. The maximum absolute atomic E-state index is 11.8. The molecule has 1 aliphatic heterocycles. The topological polar surface area (TPSA) is 207 Å². The number of nitrogens with zero attached hydrogens (tertiary/aromatic N) is 1. The van der Waals surface area contributed by atoms with Crippen LogP contribution in [-0.2, 0) is 27.2 Å². The van der Waals surface area contributed by atoms with E-state index in [2.05, 4.69) is 26.0 Å². The van der Waals surface area contributed by atoms with Gasteiger partial charge in [-0.15, -0.1) is 0 Å². The van der Waals surface area contributed by atoms with Crippen molar-refractivity contribution in [3.63, 3.8) is 0 Å². The summed E-state index contributed by atoms with van der Waals surface area (Å²) >= 11 is 3.86. The first-order valence-corrected chi connectivity index (χ1v) is 11.7. The van der Waals surface area contributed by atoms with Gasteiger partial charge in [0.15, 0.2) is 6.23 Å². The molecular weight excluding hydrogens is 458 g/mol. The highest BCUT2D eigenvalue weighted by Gasteiger charge is 2.46. The zero-order valence-corrected chi connectivity index (χ0v) is 17.3. The number of thiol groups is 1. The first-order valence-electron chi connectivity index (χ1n) is 8.06. The minimum Gasteiger partial charge on any atom is -0.387 e. The second kappa shape index (κ2) is 9.98. The van der Waals surface area contributed by atoms with Gasteiger partial charge >= 0.3 is 21.3 Å². The lowest BCUT2D eigenvalue weighted by Crippen LogP contribution is -2.37. The van der Waals surface area contributed by atoms with Crippen molar-refractivity contribution in [2.45, 2.75) is 31.0 Å². The van der Waals surface area contributed by atoms with Gasteiger partial charge in [-0.2, -0.15) is 16.9 Å². The monoisotopic (exact) mass is 478 g/mol. The van der Waals surface area contributed by atoms with E-state index in [0.29, 0.717) is 5.75 Å². The van der Waals surface area contributed by atoms with Crippen LogP contribution in [0, 0.1) is 0 Å². The van der Waals surface area contributed by atoms with Gasteiger partial charge in [0.25, 0.3) is 5.56 Å². The lowest BCUT2D eigenvalue weighted by molar-refractivity contribution is -0.0543. The number of aliphatic hydroxyl groups excluding tert-OH is 2. The third kappa shape index (κ3) is 6.84. The van der Waals surface area contributed by atoms with Crippen LogP contribution in [-0.4, -0.2) is 66.8 Å². The fourth-order valence-corrected chi connectivity index (χ4v) is 4.56. The molecule has 5 N–H and O–H groups in total. The number of aromatic nitrogens is 2. The number of hydrogen-bond acceptors (Lipinski definition) is 11. The number of phosphoric acid groups is 2. The van der Waals surface area contributed by atoms with Crippen LogP contribution in [0.2, 0.25) is 0 Å². The predicted molar refractivity (Wildman–Crippen MR) is 98.4 cm³/mol. The van der Waals surface area contributed by atoms with E-state index in [-0.39, 0.29) is 13.0 Å². The second-order valence-electron chi connectivity index (χ2n) is 5.79. The summed E-state index contributed by atoms with van der Waals surface area (Å²) < 4.78 is 42.6. The zero-order chi connectivity index (χ0) is 21.8. The van der Waals surface area contributed by atoms with Crippen molar-refractivity contribution >= 4 is 28.3 Å². The first kappa shape index (κ1) is 24.4. The Morgan fingerprint density at radius 2 is 1.83 bits per heavy atom. The number of nitrogens with one attached hydrogen (secondary N) is 1. The van der Waals surface area contributed by atoms with Crippen molar-refractivity contribution in [3.8, 4) is 0 Å². The Bertz CT molecular complexity index is 905. The molecule has 0 spiro atoms. The van der Waals surface area contributed by atoms with Gasteiger partial charge in [-0.1, -0.05) is 0 Å². The molecule has 1 aromatic rings. The van der Waals surface area contributed by atoms with Crippen molar-refractivity contribution in [1.82, 2.24) is 9.55 Å². The minimum atomic E-state index is -5.12. The first-order chi connectivity index (χ1) is 13.5. The number of ether oxygens (including phenoxy) is 1. The smallest absolute Gasteiger partial charge is 0.387 e. The van der Waals surface area contributed by atoms with E-state index >= 15 is 0 Å². The Morgan fingerprint density at radius 3 is 2.45 bits per heavy atom. The highest BCUT2D eigenvalue weighted by atomic mass is 32.1. The zero-order valence-electron chi connectivity index (χ0n) is 14.6. The molecule has 0 aliphatic carbocycles. The van der Waals surface area contributed by atoms with E-state index in [9.17, 15) is 38.7 Å². The third-order valence-corrected chi connectivity index (χ3v) is 6.58. The van der Waals surface area contributed by atoms with Crippen molar-refractivity contribution < 1.29 is 47.2 Å². The van der Waals surface area contributed by atoms with Gasteiger partial charge in [0, 0.05) is 12.3 Å². The molecule has 166 valence electrons. The molecule has 1 saturated heterocycles. The summed E-state index contributed by atoms with van der Waals surface area (Å²) in [4.78, 5) is 43.8. The van der Waals surface area contributed by atoms with E-state index in [1.165, 1.54) is 0 Å². The standard InChI is InChI=1S/C12H20N2O12P2S/c15-8-2-3-14(12(18)13-8)11-10(17)9(16)7(25-11)6-24-28(21,22)26-27(19,20)23-4-1-5-29/h2-3,7,9-11,16-17,29H,1,4-6H2,(H,19,20)(H,21,22)(H,13,15,18)/t7-,9-,10-,11-/m1/s1. The average Bonchev–Trinajstić information content (AvgIpc) is 2.87. The molecule has 17 heteroatoms. The average molecular weight is 478 g/mol. The van der Waals surface area contributed by atoms with Gasteiger partial charge in [-0.25, -0.2) is 13.9 Å². The Balaban J connectivity index is 1.99. The molecule has 29 heavy (non-hydrogen) atoms. The minimum absolute atomic E-state index is 0.260. The third-order valence-electron chi connectivity index (χ3n) is 3.63. The van der Waals surface area contributed by atoms with Gasteiger partial charge in [-0.05, 0) is 12.2 Å². The van der Waals surface area contributed by atoms with Gasteiger partial charge in [0.05, 0.1) is 13.2 Å². The van der Waals surface area contributed by atoms with Crippen molar-refractivity contribution in [2.75, 3.05) is 19.0 Å². The van der Waals surface area contributed by atoms with Crippen LogP contribution in [0.4, 0.5) is 0 Å². The number of hydrogen-bond donors (Lipinski definition) is 6. The SMILES string of the molecule is O=c1ccn([C@@H]2O[C@H](COP(=O)(O)OP(=O)(O)OCCCS)[C@@H](O)[C@H]2O)c(=O)[nH]1. The van der Waals surface area contributed by atoms with E-state index in [1.807, 2.05) is 4.98 Å². The lowest BCUT2D eigenvalue weighted by atomic mass is 10.1. The van der Waals surface area contributed by atoms with Crippen LogP contribution < -0.4 is 11.2 Å². The molecular formula is C12H20N2O12P2S. The summed E-state index contributed by atoms with van der Waals surface area (Å²) in [6.07, 6.45) is -4.86. The summed E-state index contributed by atoms with van der Waals surface area (Å²) in [5, 5.41) is 20.1. The van der Waals surface area contributed by atoms with E-state index in [0.717, 1.165) is 16.8 Å². The predicted octanol–water partition coefficient (Wildman–Crippen LogP) is -1.27. The summed E-state index contributed by atoms with van der Waals surface area (Å²) in [5.74, 6) is 0.339. The lowest BCUT2D eigenvalue weighted by Gasteiger charge is -2.19. The molecule has 6 atom stereocenters. The van der Waals surface area contributed by atoms with Crippen LogP contribution in [0.25, 0.3) is 0 Å². The number of aromatic amines is 1. The molecule has 14 nitrogen and oxygen atoms in total. The molecule has 2 unspecified atom stereocenters. The maximum Gasteiger partial charge on any atom is 0.481 e. The van der Waals surface area contributed by atoms with E-state index < -0.39 is 58.0 Å². The van der Waals surface area contributed by atoms with E-state index in [4.69, 9.17) is 4.74 Å². The summed E-state index contributed by atoms with van der Waals surface area (Å²) in [7, 11) is -10.0. The number of aliphatic hydroxyl groups is 2. The molecule has 0 aromatic carbocycles. The second-order valence-corrected chi connectivity index (χ2v) is 9.28. The van der Waals surface area contributed by atoms with Gasteiger partial charge in [-0.3, -0.25) is 23.4 Å². The van der Waals surface area contributed by atoms with Crippen LogP contribution >= 0.6 is 28.3 Å². The molecule has 0 radical (unpaired) electrons. The van der Waals surface area contributed by atoms with Gasteiger partial charge in [0.1, 0.15) is 18.3 Å². The van der Waals surface area contributed by atoms with Crippen molar-refractivity contribution in [3.05, 3.63) is 33.1 Å². The molecule has 1 aromatic heterocycles. The number of phosphoric ester groups is 2. The van der Waals surface area contributed by atoms with Crippen LogP contribution in [0.1, 0.15) is 12.6 Å². The summed E-state index contributed by atoms with van der Waals surface area (Å²) in [6.45, 7) is -1.11. The maximum atomic E-state index is 11.8. The molecule has 2 rings (SSSR count). The van der Waals surface area contributed by atoms with E-state index in [1.54, 1.807) is 0 Å². The van der Waals surface area contributed by atoms with Crippen LogP contribution in [0.5, 0.6) is 0 Å². The van der Waals surface area contributed by atoms with Crippen LogP contribution in [0.15, 0.2) is 21.9 Å². The quantitative estimate of drug-likeness (QED) is 0.132. The highest BCUT2D eigenvalue weighted by Crippen LogP contribution is 2.60. The van der Waals surface area contributed by atoms with Crippen molar-refractivity contribution in [2.24, 2.45) is 0 Å². The number of H-pyrrole nitrogens is 1. The molecule has 0 saturated carbocycles. The van der Waals surface area contributed by atoms with Crippen LogP contribution in [0.3, 0.4) is 0 Å². The van der Waals surface area contributed by atoms with Crippen molar-refractivity contribution in [1.29, 1.82) is 0 Å². The fraction of sp³-hybridized carbons (Fsp3) is 0.667. The summed E-state index contributed by atoms with van der Waals surface area (Å²) in [5.41, 5.74) is -1.62. The number of rotatable bonds is 10. The largest absolute Gasteiger partial charge is 0.481 e. The molecule has 1 fully saturated rings. The Hall–Kier alpha value is -0.830. The highest BCUT2D eigenvalue weighted by molar-refractivity contribution is 7.80. The fourth-order valence-electron chi connectivity index (χ4n) is 2.31. The molecule has 0 bridgehead atoms. The normalized spacial score (nSPS) is 28.7. The van der Waals surface area contributed by atoms with Gasteiger partial charge in [0.2, 0.25) is 0 Å². The Morgan fingerprint density at radius 1 is 1.17 bits per heavy atom. The molecule has 2 heterocycles. The van der Waals surface area contributed by atoms with Gasteiger partial charge < -0.3 is 24.7 Å². The molecule has 0 amide bonds. The Labute approximate surface area is 168 Å². The Kier molecular flexibility index (Phi) is 8.41. The summed E-state index contributed by atoms with van der Waals surface area (Å²) in [6, 6.07) is 0.982.